The molecule has 39 heavy (non-hydrogen) atoms. The molecule has 3 aromatic carbocycles. The summed E-state index contributed by atoms with van der Waals surface area (Å²) < 4.78 is 29.7. The van der Waals surface area contributed by atoms with Crippen molar-refractivity contribution in [3.8, 4) is 0 Å². The van der Waals surface area contributed by atoms with Crippen LogP contribution in [0.25, 0.3) is 0 Å². The van der Waals surface area contributed by atoms with Gasteiger partial charge in [0.05, 0.1) is 10.6 Å². The first kappa shape index (κ1) is 30.4. The van der Waals surface area contributed by atoms with Gasteiger partial charge in [-0.1, -0.05) is 59.3 Å². The summed E-state index contributed by atoms with van der Waals surface area (Å²) in [6, 6.07) is 20.1. The summed E-state index contributed by atoms with van der Waals surface area (Å²) in [5, 5.41) is 2.94. The Hall–Kier alpha value is -3.17. The van der Waals surface area contributed by atoms with Crippen molar-refractivity contribution in [1.29, 1.82) is 0 Å². The van der Waals surface area contributed by atoms with E-state index in [4.69, 9.17) is 0 Å². The number of anilines is 1. The molecule has 0 unspecified atom stereocenters. The second-order valence-electron chi connectivity index (χ2n) is 9.82. The van der Waals surface area contributed by atoms with Crippen LogP contribution in [-0.2, 0) is 26.2 Å². The Bertz CT molecular complexity index is 1390. The maximum Gasteiger partial charge on any atom is 0.264 e. The first-order valence-electron chi connectivity index (χ1n) is 12.9. The number of halogens is 1. The maximum absolute atomic E-state index is 14.0. The highest BCUT2D eigenvalue weighted by atomic mass is 79.9. The predicted octanol–water partition coefficient (Wildman–Crippen LogP) is 5.59. The number of rotatable bonds is 11. The van der Waals surface area contributed by atoms with Gasteiger partial charge in [-0.3, -0.25) is 13.9 Å². The summed E-state index contributed by atoms with van der Waals surface area (Å²) in [6.07, 6.45) is 0.744. The highest BCUT2D eigenvalue weighted by Gasteiger charge is 2.33. The largest absolute Gasteiger partial charge is 0.352 e. The van der Waals surface area contributed by atoms with Crippen molar-refractivity contribution in [3.05, 3.63) is 94.0 Å². The molecule has 0 aliphatic heterocycles. The van der Waals surface area contributed by atoms with Crippen molar-refractivity contribution >= 4 is 43.5 Å². The molecule has 0 fully saturated rings. The first-order chi connectivity index (χ1) is 18.4. The van der Waals surface area contributed by atoms with Gasteiger partial charge in [0, 0.05) is 17.1 Å². The van der Waals surface area contributed by atoms with Gasteiger partial charge in [-0.2, -0.15) is 0 Å². The van der Waals surface area contributed by atoms with Gasteiger partial charge < -0.3 is 10.2 Å². The number of amides is 2. The number of nitrogens with one attached hydrogen (secondary N) is 1. The van der Waals surface area contributed by atoms with Gasteiger partial charge in [-0.05, 0) is 87.2 Å². The van der Waals surface area contributed by atoms with Crippen LogP contribution in [-0.4, -0.2) is 43.8 Å². The lowest BCUT2D eigenvalue weighted by Gasteiger charge is -2.32. The minimum atomic E-state index is -4.09. The lowest BCUT2D eigenvalue weighted by molar-refractivity contribution is -0.139. The van der Waals surface area contributed by atoms with E-state index in [1.165, 1.54) is 17.0 Å². The molecule has 0 aliphatic carbocycles. The third-order valence-corrected chi connectivity index (χ3v) is 8.80. The minimum absolute atomic E-state index is 0.0620. The normalized spacial score (nSPS) is 12.9. The van der Waals surface area contributed by atoms with Crippen LogP contribution in [0.15, 0.2) is 82.2 Å². The molecule has 0 aliphatic rings. The third-order valence-electron chi connectivity index (χ3n) is 6.51. The van der Waals surface area contributed by atoms with Crippen molar-refractivity contribution in [1.82, 2.24) is 10.2 Å². The lowest BCUT2D eigenvalue weighted by Crippen LogP contribution is -2.52. The van der Waals surface area contributed by atoms with Crippen LogP contribution in [0.4, 0.5) is 5.69 Å². The van der Waals surface area contributed by atoms with Crippen molar-refractivity contribution in [2.75, 3.05) is 10.8 Å². The molecule has 3 aromatic rings. The van der Waals surface area contributed by atoms with E-state index in [0.717, 1.165) is 31.9 Å². The molecule has 7 nitrogen and oxygen atoms in total. The summed E-state index contributed by atoms with van der Waals surface area (Å²) in [5.74, 6) is -0.781. The molecule has 0 saturated heterocycles. The van der Waals surface area contributed by atoms with E-state index >= 15 is 0 Å². The van der Waals surface area contributed by atoms with Crippen LogP contribution in [0.2, 0.25) is 0 Å². The maximum atomic E-state index is 14.0. The van der Waals surface area contributed by atoms with Crippen molar-refractivity contribution in [2.24, 2.45) is 0 Å². The summed E-state index contributed by atoms with van der Waals surface area (Å²) in [4.78, 5) is 28.6. The fourth-order valence-electron chi connectivity index (χ4n) is 4.22. The quantitative estimate of drug-likeness (QED) is 0.305. The molecule has 9 heteroatoms. The molecule has 2 atom stereocenters. The van der Waals surface area contributed by atoms with Crippen LogP contribution >= 0.6 is 15.9 Å². The first-order valence-corrected chi connectivity index (χ1v) is 15.2. The second-order valence-corrected chi connectivity index (χ2v) is 12.6. The predicted molar refractivity (Wildman–Crippen MR) is 159 cm³/mol. The van der Waals surface area contributed by atoms with Crippen LogP contribution in [0.5, 0.6) is 0 Å². The van der Waals surface area contributed by atoms with Crippen molar-refractivity contribution in [3.63, 3.8) is 0 Å². The summed E-state index contributed by atoms with van der Waals surface area (Å²) >= 11 is 3.46. The van der Waals surface area contributed by atoms with Crippen LogP contribution in [0.3, 0.4) is 0 Å². The zero-order valence-electron chi connectivity index (χ0n) is 23.0. The Morgan fingerprint density at radius 1 is 0.923 bits per heavy atom. The lowest BCUT2D eigenvalue weighted by atomic mass is 10.1. The van der Waals surface area contributed by atoms with Gasteiger partial charge in [0.1, 0.15) is 12.6 Å². The zero-order chi connectivity index (χ0) is 28.7. The van der Waals surface area contributed by atoms with Gasteiger partial charge >= 0.3 is 0 Å². The van der Waals surface area contributed by atoms with Crippen LogP contribution in [0.1, 0.15) is 43.9 Å². The van der Waals surface area contributed by atoms with Crippen LogP contribution in [0, 0.1) is 13.8 Å². The van der Waals surface area contributed by atoms with E-state index in [1.807, 2.05) is 58.0 Å². The highest BCUT2D eigenvalue weighted by molar-refractivity contribution is 9.10. The minimum Gasteiger partial charge on any atom is -0.352 e. The molecule has 208 valence electrons. The number of aryl methyl sites for hydroxylation is 2. The third kappa shape index (κ3) is 7.92. The zero-order valence-corrected chi connectivity index (χ0v) is 25.4. The number of carbonyl (C=O) groups excluding carboxylic acids is 2. The molecule has 0 radical (unpaired) electrons. The molecule has 0 spiro atoms. The van der Waals surface area contributed by atoms with Crippen molar-refractivity contribution < 1.29 is 18.0 Å². The van der Waals surface area contributed by atoms with E-state index in [1.54, 1.807) is 37.3 Å². The molecule has 3 rings (SSSR count). The Morgan fingerprint density at radius 2 is 1.56 bits per heavy atom. The van der Waals surface area contributed by atoms with Gasteiger partial charge in [0.2, 0.25) is 11.8 Å². The molecular formula is C30H36BrN3O4S. The van der Waals surface area contributed by atoms with E-state index in [2.05, 4.69) is 21.2 Å². The molecule has 2 amide bonds. The molecule has 1 N–H and O–H groups in total. The number of carbonyl (C=O) groups is 2. The van der Waals surface area contributed by atoms with Gasteiger partial charge in [0.25, 0.3) is 10.0 Å². The fourth-order valence-corrected chi connectivity index (χ4v) is 6.09. The molecule has 0 saturated carbocycles. The van der Waals surface area contributed by atoms with Gasteiger partial charge in [-0.25, -0.2) is 8.42 Å². The van der Waals surface area contributed by atoms with Crippen LogP contribution < -0.4 is 9.62 Å². The van der Waals surface area contributed by atoms with Gasteiger partial charge in [-0.15, -0.1) is 0 Å². The monoisotopic (exact) mass is 613 g/mol. The number of benzene rings is 3. The Balaban J connectivity index is 2.05. The average Bonchev–Trinajstić information content (AvgIpc) is 2.89. The van der Waals surface area contributed by atoms with Gasteiger partial charge in [0.15, 0.2) is 0 Å². The van der Waals surface area contributed by atoms with E-state index in [-0.39, 0.29) is 23.4 Å². The summed E-state index contributed by atoms with van der Waals surface area (Å²) in [5.41, 5.74) is 2.95. The molecule has 0 heterocycles. The topological polar surface area (TPSA) is 86.8 Å². The van der Waals surface area contributed by atoms with E-state index < -0.39 is 28.5 Å². The van der Waals surface area contributed by atoms with Crippen molar-refractivity contribution in [2.45, 2.75) is 64.6 Å². The fraction of sp³-hybridized carbons (Fsp3) is 0.333. The van der Waals surface area contributed by atoms with E-state index in [0.29, 0.717) is 5.69 Å². The Kier molecular flexibility index (Phi) is 10.3. The summed E-state index contributed by atoms with van der Waals surface area (Å²) in [6.45, 7) is 8.98. The Labute approximate surface area is 240 Å². The smallest absolute Gasteiger partial charge is 0.264 e. The molecule has 0 bridgehead atoms. The van der Waals surface area contributed by atoms with E-state index in [9.17, 15) is 18.0 Å². The molecular weight excluding hydrogens is 578 g/mol. The summed E-state index contributed by atoms with van der Waals surface area (Å²) in [7, 11) is -4.09. The molecule has 0 aromatic heterocycles. The highest BCUT2D eigenvalue weighted by Crippen LogP contribution is 2.27. The number of nitrogens with zero attached hydrogens (tertiary/aromatic N) is 2. The number of hydrogen-bond donors (Lipinski definition) is 1. The Morgan fingerprint density at radius 3 is 2.15 bits per heavy atom. The number of sulfonamides is 1. The standard InChI is InChI=1S/C30H36BrN3O4S/c1-6-23(4)32-30(36)24(5)33(19-25-11-10-12-26(31)18-25)29(35)20-34(27-16-21(2)15-22(3)17-27)39(37,38)28-13-8-7-9-14-28/h7-18,23-24H,6,19-20H2,1-5H3,(H,32,36)/t23-,24+/m1/s1. The average molecular weight is 615 g/mol. The SMILES string of the molecule is CC[C@@H](C)NC(=O)[C@H](C)N(Cc1cccc(Br)c1)C(=O)CN(c1cc(C)cc(C)c1)S(=O)(=O)c1ccccc1. The number of hydrogen-bond acceptors (Lipinski definition) is 4. The second kappa shape index (κ2) is 13.3.